The summed E-state index contributed by atoms with van der Waals surface area (Å²) in [4.78, 5) is 11.9. The van der Waals surface area contributed by atoms with Crippen molar-refractivity contribution in [2.75, 3.05) is 0 Å². The molecule has 4 bridgehead atoms. The third-order valence-corrected chi connectivity index (χ3v) is 7.75. The van der Waals surface area contributed by atoms with Crippen LogP contribution in [-0.2, 0) is 4.79 Å². The van der Waals surface area contributed by atoms with Gasteiger partial charge in [0.05, 0.1) is 5.41 Å². The zero-order valence-corrected chi connectivity index (χ0v) is 13.5. The van der Waals surface area contributed by atoms with Gasteiger partial charge in [0.25, 0.3) is 0 Å². The largest absolute Gasteiger partial charge is 0.481 e. The quantitative estimate of drug-likeness (QED) is 0.616. The molecule has 0 amide bonds. The fourth-order valence-electron chi connectivity index (χ4n) is 6.89. The van der Waals surface area contributed by atoms with Crippen LogP contribution < -0.4 is 0 Å². The van der Waals surface area contributed by atoms with Gasteiger partial charge in [-0.05, 0) is 73.5 Å². The van der Waals surface area contributed by atoms with Crippen molar-refractivity contribution in [3.63, 3.8) is 0 Å². The molecular formula is C19H28O2. The van der Waals surface area contributed by atoms with Gasteiger partial charge in [-0.3, -0.25) is 4.79 Å². The average Bonchev–Trinajstić information content (AvgIpc) is 3.12. The summed E-state index contributed by atoms with van der Waals surface area (Å²) in [6.07, 6.45) is 11.0. The highest BCUT2D eigenvalue weighted by atomic mass is 16.4. The van der Waals surface area contributed by atoms with Crippen LogP contribution in [0.4, 0.5) is 0 Å². The van der Waals surface area contributed by atoms with Crippen LogP contribution in [0, 0.1) is 46.3 Å². The SMILES string of the molecule is CC(C)CCC12C3C=CC(C3)C1C1CC2CC1(C)C(=O)O. The molecule has 0 aromatic heterocycles. The summed E-state index contributed by atoms with van der Waals surface area (Å²) < 4.78 is 0. The van der Waals surface area contributed by atoms with Crippen LogP contribution in [0.5, 0.6) is 0 Å². The Morgan fingerprint density at radius 2 is 2.10 bits per heavy atom. The lowest BCUT2D eigenvalue weighted by molar-refractivity contribution is -0.156. The summed E-state index contributed by atoms with van der Waals surface area (Å²) in [5.41, 5.74) is 0.0122. The third-order valence-electron chi connectivity index (χ3n) is 7.75. The van der Waals surface area contributed by atoms with E-state index in [0.717, 1.165) is 18.3 Å². The number of hydrogen-bond acceptors (Lipinski definition) is 1. The first-order valence-corrected chi connectivity index (χ1v) is 8.81. The first-order chi connectivity index (χ1) is 9.89. The Labute approximate surface area is 128 Å². The maximum atomic E-state index is 11.9. The van der Waals surface area contributed by atoms with Crippen molar-refractivity contribution in [1.29, 1.82) is 0 Å². The molecular weight excluding hydrogens is 260 g/mol. The molecule has 3 saturated carbocycles. The molecule has 0 saturated heterocycles. The summed E-state index contributed by atoms with van der Waals surface area (Å²) in [6, 6.07) is 0. The van der Waals surface area contributed by atoms with Crippen molar-refractivity contribution in [3.8, 4) is 0 Å². The van der Waals surface area contributed by atoms with Crippen LogP contribution in [0.3, 0.4) is 0 Å². The minimum atomic E-state index is -0.542. The van der Waals surface area contributed by atoms with E-state index in [0.29, 0.717) is 29.1 Å². The predicted molar refractivity (Wildman–Crippen MR) is 82.7 cm³/mol. The highest BCUT2D eigenvalue weighted by molar-refractivity contribution is 5.75. The summed E-state index contributed by atoms with van der Waals surface area (Å²) in [5.74, 6) is 3.38. The topological polar surface area (TPSA) is 37.3 Å². The molecule has 2 nitrogen and oxygen atoms in total. The molecule has 7 unspecified atom stereocenters. The lowest BCUT2D eigenvalue weighted by Gasteiger charge is -2.50. The number of carboxylic acids is 1. The Morgan fingerprint density at radius 3 is 2.76 bits per heavy atom. The van der Waals surface area contributed by atoms with Crippen molar-refractivity contribution in [2.45, 2.75) is 52.9 Å². The van der Waals surface area contributed by atoms with E-state index in [2.05, 4.69) is 26.0 Å². The Bertz CT molecular complexity index is 508. The minimum Gasteiger partial charge on any atom is -0.481 e. The van der Waals surface area contributed by atoms with Crippen LogP contribution >= 0.6 is 0 Å². The number of fused-ring (bicyclic) bond motifs is 9. The second-order valence-electron chi connectivity index (χ2n) is 8.93. The molecule has 7 atom stereocenters. The van der Waals surface area contributed by atoms with E-state index in [9.17, 15) is 9.90 Å². The molecule has 4 rings (SSSR count). The van der Waals surface area contributed by atoms with Crippen molar-refractivity contribution >= 4 is 5.97 Å². The second-order valence-corrected chi connectivity index (χ2v) is 8.93. The first-order valence-electron chi connectivity index (χ1n) is 8.81. The lowest BCUT2D eigenvalue weighted by Crippen LogP contribution is -2.48. The number of carboxylic acid groups (broad SMARTS) is 1. The maximum absolute atomic E-state index is 11.9. The highest BCUT2D eigenvalue weighted by Gasteiger charge is 2.73. The van der Waals surface area contributed by atoms with Crippen LogP contribution in [0.1, 0.15) is 52.9 Å². The van der Waals surface area contributed by atoms with Gasteiger partial charge in [-0.1, -0.05) is 32.4 Å². The van der Waals surface area contributed by atoms with Crippen molar-refractivity contribution in [1.82, 2.24) is 0 Å². The molecule has 1 N–H and O–H groups in total. The van der Waals surface area contributed by atoms with Crippen molar-refractivity contribution in [3.05, 3.63) is 12.2 Å². The van der Waals surface area contributed by atoms with E-state index in [1.807, 2.05) is 6.92 Å². The number of hydrogen-bond donors (Lipinski definition) is 1. The molecule has 4 aliphatic rings. The fourth-order valence-corrected chi connectivity index (χ4v) is 6.89. The number of aliphatic carboxylic acids is 1. The number of carbonyl (C=O) groups is 1. The molecule has 0 aromatic rings. The maximum Gasteiger partial charge on any atom is 0.309 e. The van der Waals surface area contributed by atoms with E-state index < -0.39 is 11.4 Å². The fraction of sp³-hybridized carbons (Fsp3) is 0.842. The highest BCUT2D eigenvalue weighted by Crippen LogP contribution is 2.77. The lowest BCUT2D eigenvalue weighted by atomic mass is 9.53. The van der Waals surface area contributed by atoms with Gasteiger partial charge in [-0.2, -0.15) is 0 Å². The van der Waals surface area contributed by atoms with Gasteiger partial charge in [0.1, 0.15) is 0 Å². The van der Waals surface area contributed by atoms with Gasteiger partial charge in [0.2, 0.25) is 0 Å². The summed E-state index contributed by atoms with van der Waals surface area (Å²) in [6.45, 7) is 6.68. The molecule has 21 heavy (non-hydrogen) atoms. The summed E-state index contributed by atoms with van der Waals surface area (Å²) >= 11 is 0. The van der Waals surface area contributed by atoms with E-state index in [-0.39, 0.29) is 0 Å². The van der Waals surface area contributed by atoms with Crippen LogP contribution in [0.15, 0.2) is 12.2 Å². The Kier molecular flexibility index (Phi) is 2.73. The Balaban J connectivity index is 1.71. The summed E-state index contributed by atoms with van der Waals surface area (Å²) in [5, 5.41) is 9.77. The Morgan fingerprint density at radius 1 is 1.33 bits per heavy atom. The second kappa shape index (κ2) is 4.14. The van der Waals surface area contributed by atoms with E-state index in [1.165, 1.54) is 25.7 Å². The third kappa shape index (κ3) is 1.52. The molecule has 0 spiro atoms. The standard InChI is InChI=1S/C19H28O2/c1-11(2)6-7-19-13-5-4-12(8-13)16(19)15-9-14(19)10-18(15,3)17(20)21/h4-5,11-16H,6-10H2,1-3H3,(H,20,21). The smallest absolute Gasteiger partial charge is 0.309 e. The molecule has 116 valence electrons. The average molecular weight is 288 g/mol. The van der Waals surface area contributed by atoms with Gasteiger partial charge in [0.15, 0.2) is 0 Å². The predicted octanol–water partition coefficient (Wildman–Crippen LogP) is 4.36. The Hall–Kier alpha value is -0.790. The first kappa shape index (κ1) is 13.8. The van der Waals surface area contributed by atoms with Crippen LogP contribution in [0.25, 0.3) is 0 Å². The zero-order valence-electron chi connectivity index (χ0n) is 13.5. The van der Waals surface area contributed by atoms with Crippen LogP contribution in [-0.4, -0.2) is 11.1 Å². The van der Waals surface area contributed by atoms with Crippen molar-refractivity contribution < 1.29 is 9.90 Å². The number of rotatable bonds is 4. The van der Waals surface area contributed by atoms with E-state index in [4.69, 9.17) is 0 Å². The van der Waals surface area contributed by atoms with Gasteiger partial charge in [-0.25, -0.2) is 0 Å². The molecule has 3 fully saturated rings. The molecule has 2 heteroatoms. The van der Waals surface area contributed by atoms with Crippen LogP contribution in [0.2, 0.25) is 0 Å². The monoisotopic (exact) mass is 288 g/mol. The van der Waals surface area contributed by atoms with Gasteiger partial charge in [0, 0.05) is 0 Å². The molecule has 4 aliphatic carbocycles. The summed E-state index contributed by atoms with van der Waals surface area (Å²) in [7, 11) is 0. The molecule has 0 radical (unpaired) electrons. The van der Waals surface area contributed by atoms with Gasteiger partial charge < -0.3 is 5.11 Å². The van der Waals surface area contributed by atoms with E-state index in [1.54, 1.807) is 0 Å². The molecule has 0 heterocycles. The normalized spacial score (nSPS) is 52.9. The van der Waals surface area contributed by atoms with Gasteiger partial charge >= 0.3 is 5.97 Å². The number of allylic oxidation sites excluding steroid dienone is 2. The zero-order chi connectivity index (χ0) is 15.0. The van der Waals surface area contributed by atoms with Gasteiger partial charge in [-0.15, -0.1) is 0 Å². The van der Waals surface area contributed by atoms with E-state index >= 15 is 0 Å². The minimum absolute atomic E-state index is 0.423. The molecule has 0 aromatic carbocycles. The van der Waals surface area contributed by atoms with Crippen molar-refractivity contribution in [2.24, 2.45) is 46.3 Å². The molecule has 0 aliphatic heterocycles.